The number of aromatic carboxylic acids is 1. The van der Waals surface area contributed by atoms with Crippen molar-refractivity contribution in [3.8, 4) is 10.6 Å². The second-order valence-electron chi connectivity index (χ2n) is 5.68. The van der Waals surface area contributed by atoms with Crippen LogP contribution >= 0.6 is 11.3 Å². The minimum absolute atomic E-state index is 0.100. The lowest BCUT2D eigenvalue weighted by atomic mass is 9.91. The number of carboxylic acid groups (broad SMARTS) is 1. The van der Waals surface area contributed by atoms with Gasteiger partial charge in [-0.05, 0) is 6.07 Å². The summed E-state index contributed by atoms with van der Waals surface area (Å²) in [7, 11) is 0. The van der Waals surface area contributed by atoms with Gasteiger partial charge in [0.25, 0.3) is 6.43 Å². The fraction of sp³-hybridized carbons (Fsp3) is 0.333. The standard InChI is InChI=1S/C15H15F2NO2S/c1-15(2,3)11-10(14(19)20)21-13(18-11)9-6-4-5-8(7-9)12(16)17/h4-7,12H,1-3H3,(H,19,20). The monoisotopic (exact) mass is 311 g/mol. The number of alkyl halides is 2. The molecule has 0 bridgehead atoms. The molecule has 1 aromatic carbocycles. The summed E-state index contributed by atoms with van der Waals surface area (Å²) >= 11 is 1.01. The Labute approximate surface area is 125 Å². The van der Waals surface area contributed by atoms with E-state index in [0.717, 1.165) is 11.3 Å². The van der Waals surface area contributed by atoms with E-state index in [0.29, 0.717) is 16.3 Å². The van der Waals surface area contributed by atoms with E-state index in [1.165, 1.54) is 18.2 Å². The van der Waals surface area contributed by atoms with E-state index in [1.807, 2.05) is 20.8 Å². The molecule has 0 fully saturated rings. The van der Waals surface area contributed by atoms with Gasteiger partial charge in [-0.1, -0.05) is 39.0 Å². The SMILES string of the molecule is CC(C)(C)c1nc(-c2cccc(C(F)F)c2)sc1C(=O)O. The molecule has 0 amide bonds. The number of benzene rings is 1. The molecule has 21 heavy (non-hydrogen) atoms. The van der Waals surface area contributed by atoms with Gasteiger partial charge < -0.3 is 5.11 Å². The minimum atomic E-state index is -2.56. The van der Waals surface area contributed by atoms with Crippen LogP contribution in [0.3, 0.4) is 0 Å². The van der Waals surface area contributed by atoms with Crippen molar-refractivity contribution in [1.29, 1.82) is 0 Å². The second kappa shape index (κ2) is 5.52. The Morgan fingerprint density at radius 3 is 2.48 bits per heavy atom. The molecule has 0 saturated carbocycles. The van der Waals surface area contributed by atoms with Crippen LogP contribution < -0.4 is 0 Å². The first-order valence-electron chi connectivity index (χ1n) is 6.33. The normalized spacial score (nSPS) is 11.9. The molecule has 2 rings (SSSR count). The number of aromatic nitrogens is 1. The lowest BCUT2D eigenvalue weighted by Crippen LogP contribution is -2.16. The van der Waals surface area contributed by atoms with E-state index >= 15 is 0 Å². The molecule has 1 heterocycles. The highest BCUT2D eigenvalue weighted by Crippen LogP contribution is 2.35. The van der Waals surface area contributed by atoms with Crippen molar-refractivity contribution < 1.29 is 18.7 Å². The van der Waals surface area contributed by atoms with Crippen LogP contribution in [-0.2, 0) is 5.41 Å². The molecule has 112 valence electrons. The predicted octanol–water partition coefficient (Wildman–Crippen LogP) is 4.74. The minimum Gasteiger partial charge on any atom is -0.477 e. The highest BCUT2D eigenvalue weighted by Gasteiger charge is 2.27. The molecular weight excluding hydrogens is 296 g/mol. The van der Waals surface area contributed by atoms with Crippen LogP contribution in [0.1, 0.15) is 48.1 Å². The van der Waals surface area contributed by atoms with Crippen molar-refractivity contribution in [2.45, 2.75) is 32.6 Å². The number of carboxylic acids is 1. The summed E-state index contributed by atoms with van der Waals surface area (Å²) in [5.74, 6) is -1.05. The Morgan fingerprint density at radius 1 is 1.33 bits per heavy atom. The zero-order valence-electron chi connectivity index (χ0n) is 11.9. The summed E-state index contributed by atoms with van der Waals surface area (Å²) in [4.78, 5) is 15.9. The molecule has 2 aromatic rings. The van der Waals surface area contributed by atoms with E-state index in [1.54, 1.807) is 6.07 Å². The van der Waals surface area contributed by atoms with Crippen molar-refractivity contribution in [1.82, 2.24) is 4.98 Å². The first-order chi connectivity index (χ1) is 9.70. The molecule has 0 saturated heterocycles. The summed E-state index contributed by atoms with van der Waals surface area (Å²) in [6.07, 6.45) is -2.56. The van der Waals surface area contributed by atoms with Crippen LogP contribution in [0.5, 0.6) is 0 Å². The molecule has 0 aliphatic carbocycles. The maximum absolute atomic E-state index is 12.8. The molecule has 0 radical (unpaired) electrons. The molecule has 6 heteroatoms. The maximum Gasteiger partial charge on any atom is 0.347 e. The smallest absolute Gasteiger partial charge is 0.347 e. The highest BCUT2D eigenvalue weighted by molar-refractivity contribution is 7.17. The van der Waals surface area contributed by atoms with Crippen molar-refractivity contribution in [2.24, 2.45) is 0 Å². The zero-order valence-corrected chi connectivity index (χ0v) is 12.7. The van der Waals surface area contributed by atoms with Gasteiger partial charge >= 0.3 is 5.97 Å². The van der Waals surface area contributed by atoms with Crippen molar-refractivity contribution >= 4 is 17.3 Å². The van der Waals surface area contributed by atoms with Gasteiger partial charge in [0.2, 0.25) is 0 Å². The first-order valence-corrected chi connectivity index (χ1v) is 7.15. The van der Waals surface area contributed by atoms with Crippen molar-refractivity contribution in [3.05, 3.63) is 40.4 Å². The summed E-state index contributed by atoms with van der Waals surface area (Å²) in [5.41, 5.74) is 0.452. The third-order valence-electron chi connectivity index (χ3n) is 2.92. The predicted molar refractivity (Wildman–Crippen MR) is 78.2 cm³/mol. The fourth-order valence-corrected chi connectivity index (χ4v) is 3.02. The fourth-order valence-electron chi connectivity index (χ4n) is 1.90. The summed E-state index contributed by atoms with van der Waals surface area (Å²) in [6.45, 7) is 5.61. The third-order valence-corrected chi connectivity index (χ3v) is 4.01. The van der Waals surface area contributed by atoms with Gasteiger partial charge in [0.05, 0.1) is 5.69 Å². The van der Waals surface area contributed by atoms with Gasteiger partial charge in [0.15, 0.2) is 0 Å². The number of halogens is 2. The van der Waals surface area contributed by atoms with E-state index in [4.69, 9.17) is 0 Å². The molecule has 0 unspecified atom stereocenters. The molecule has 0 aliphatic heterocycles. The topological polar surface area (TPSA) is 50.2 Å². The Morgan fingerprint density at radius 2 is 2.00 bits per heavy atom. The Bertz CT molecular complexity index is 675. The van der Waals surface area contributed by atoms with Crippen LogP contribution in [0.2, 0.25) is 0 Å². The quantitative estimate of drug-likeness (QED) is 0.890. The van der Waals surface area contributed by atoms with E-state index in [2.05, 4.69) is 4.98 Å². The van der Waals surface area contributed by atoms with Crippen molar-refractivity contribution in [2.75, 3.05) is 0 Å². The molecule has 0 atom stereocenters. The number of hydrogen-bond donors (Lipinski definition) is 1. The van der Waals surface area contributed by atoms with Gasteiger partial charge in [-0.2, -0.15) is 0 Å². The van der Waals surface area contributed by atoms with Gasteiger partial charge in [0, 0.05) is 16.5 Å². The number of thiazole rings is 1. The summed E-state index contributed by atoms with van der Waals surface area (Å²) < 4.78 is 25.5. The summed E-state index contributed by atoms with van der Waals surface area (Å²) in [5, 5.41) is 9.73. The molecular formula is C15H15F2NO2S. The van der Waals surface area contributed by atoms with E-state index in [9.17, 15) is 18.7 Å². The number of hydrogen-bond acceptors (Lipinski definition) is 3. The molecule has 1 aromatic heterocycles. The van der Waals surface area contributed by atoms with Gasteiger partial charge in [0.1, 0.15) is 9.88 Å². The number of rotatable bonds is 3. The van der Waals surface area contributed by atoms with E-state index < -0.39 is 17.8 Å². The average molecular weight is 311 g/mol. The number of nitrogens with zero attached hydrogens (tertiary/aromatic N) is 1. The Hall–Kier alpha value is -1.82. The van der Waals surface area contributed by atoms with Crippen LogP contribution in [0.25, 0.3) is 10.6 Å². The van der Waals surface area contributed by atoms with E-state index in [-0.39, 0.29) is 10.4 Å². The van der Waals surface area contributed by atoms with Gasteiger partial charge in [-0.3, -0.25) is 0 Å². The number of carbonyl (C=O) groups is 1. The van der Waals surface area contributed by atoms with Crippen molar-refractivity contribution in [3.63, 3.8) is 0 Å². The van der Waals surface area contributed by atoms with Gasteiger partial charge in [-0.15, -0.1) is 11.3 Å². The average Bonchev–Trinajstić information content (AvgIpc) is 2.84. The molecule has 0 aliphatic rings. The van der Waals surface area contributed by atoms with Crippen LogP contribution in [0.4, 0.5) is 8.78 Å². The summed E-state index contributed by atoms with van der Waals surface area (Å²) in [6, 6.07) is 5.87. The Balaban J connectivity index is 2.55. The molecule has 0 spiro atoms. The highest BCUT2D eigenvalue weighted by atomic mass is 32.1. The first kappa shape index (κ1) is 15.6. The Kier molecular flexibility index (Phi) is 4.09. The lowest BCUT2D eigenvalue weighted by Gasteiger charge is -2.16. The second-order valence-corrected chi connectivity index (χ2v) is 6.68. The molecule has 3 nitrogen and oxygen atoms in total. The van der Waals surface area contributed by atoms with Gasteiger partial charge in [-0.25, -0.2) is 18.6 Å². The zero-order chi connectivity index (χ0) is 15.8. The van der Waals surface area contributed by atoms with Crippen LogP contribution in [0, 0.1) is 0 Å². The van der Waals surface area contributed by atoms with Crippen LogP contribution in [0.15, 0.2) is 24.3 Å². The molecule has 1 N–H and O–H groups in total. The largest absolute Gasteiger partial charge is 0.477 e. The lowest BCUT2D eigenvalue weighted by molar-refractivity contribution is 0.0699. The maximum atomic E-state index is 12.8. The van der Waals surface area contributed by atoms with Crippen LogP contribution in [-0.4, -0.2) is 16.1 Å². The third kappa shape index (κ3) is 3.26.